The third-order valence-corrected chi connectivity index (χ3v) is 2.92. The first kappa shape index (κ1) is 19.6. The molecule has 24 heavy (non-hydrogen) atoms. The molecule has 1 aliphatic rings. The lowest BCUT2D eigenvalue weighted by atomic mass is 9.98. The van der Waals surface area contributed by atoms with Crippen LogP contribution in [-0.2, 0) is 38.1 Å². The Hall–Kier alpha value is -2.40. The second-order valence-electron chi connectivity index (χ2n) is 4.92. The Morgan fingerprint density at radius 1 is 0.917 bits per heavy atom. The topological polar surface area (TPSA) is 161 Å². The normalized spacial score (nSPS) is 29.2. The molecular weight excluding hydrogens is 330 g/mol. The Morgan fingerprint density at radius 3 is 1.92 bits per heavy atom. The summed E-state index contributed by atoms with van der Waals surface area (Å²) < 4.78 is 24.6. The molecule has 0 bridgehead atoms. The van der Waals surface area contributed by atoms with Gasteiger partial charge in [-0.2, -0.15) is 0 Å². The highest BCUT2D eigenvalue weighted by Crippen LogP contribution is 2.27. The van der Waals surface area contributed by atoms with E-state index in [9.17, 15) is 24.3 Å². The molecule has 0 aromatic carbocycles. The van der Waals surface area contributed by atoms with Crippen LogP contribution < -0.4 is 5.73 Å². The molecule has 0 radical (unpaired) electrons. The van der Waals surface area contributed by atoms with E-state index in [1.807, 2.05) is 0 Å². The Kier molecular flexibility index (Phi) is 6.92. The first-order chi connectivity index (χ1) is 11.1. The van der Waals surface area contributed by atoms with Crippen molar-refractivity contribution < 1.29 is 48.0 Å². The molecule has 1 unspecified atom stereocenters. The summed E-state index contributed by atoms with van der Waals surface area (Å²) in [4.78, 5) is 44.6. The lowest BCUT2D eigenvalue weighted by Gasteiger charge is -2.42. The van der Waals surface area contributed by atoms with E-state index in [1.54, 1.807) is 0 Å². The van der Waals surface area contributed by atoms with Crippen molar-refractivity contribution in [2.75, 3.05) is 6.61 Å². The molecule has 1 saturated heterocycles. The Bertz CT molecular complexity index is 507. The van der Waals surface area contributed by atoms with E-state index in [1.165, 1.54) is 0 Å². The second-order valence-corrected chi connectivity index (χ2v) is 4.92. The summed E-state index contributed by atoms with van der Waals surface area (Å²) >= 11 is 0. The fourth-order valence-electron chi connectivity index (χ4n) is 2.15. The van der Waals surface area contributed by atoms with E-state index < -0.39 is 61.3 Å². The van der Waals surface area contributed by atoms with Gasteiger partial charge in [0, 0.05) is 20.8 Å². The first-order valence-electron chi connectivity index (χ1n) is 6.89. The van der Waals surface area contributed by atoms with Gasteiger partial charge in [-0.15, -0.1) is 0 Å². The van der Waals surface area contributed by atoms with Gasteiger partial charge in [0.2, 0.25) is 0 Å². The van der Waals surface area contributed by atoms with Crippen molar-refractivity contribution in [1.29, 1.82) is 0 Å². The van der Waals surface area contributed by atoms with E-state index in [4.69, 9.17) is 29.4 Å². The highest BCUT2D eigenvalue weighted by molar-refractivity contribution is 5.68. The number of primary amides is 1. The van der Waals surface area contributed by atoms with Crippen molar-refractivity contribution in [3.05, 3.63) is 0 Å². The molecule has 0 spiro atoms. The lowest BCUT2D eigenvalue weighted by molar-refractivity contribution is -0.292. The SMILES string of the molecule is CC(=O)OC[C@H]1OC(O)[C@@H](OC(C)=O)[C@@H](OC(N)=O)[C@@H]1OC(C)=O. The number of nitrogens with two attached hydrogens (primary N) is 1. The van der Waals surface area contributed by atoms with Crippen molar-refractivity contribution in [2.24, 2.45) is 5.73 Å². The molecule has 11 nitrogen and oxygen atoms in total. The van der Waals surface area contributed by atoms with Crippen molar-refractivity contribution >= 4 is 24.0 Å². The maximum atomic E-state index is 11.3. The highest BCUT2D eigenvalue weighted by atomic mass is 16.7. The Morgan fingerprint density at radius 2 is 1.46 bits per heavy atom. The van der Waals surface area contributed by atoms with Crippen molar-refractivity contribution in [3.8, 4) is 0 Å². The number of hydrogen-bond acceptors (Lipinski definition) is 10. The average Bonchev–Trinajstić information content (AvgIpc) is 2.42. The second kappa shape index (κ2) is 8.45. The van der Waals surface area contributed by atoms with E-state index in [0.29, 0.717) is 0 Å². The van der Waals surface area contributed by atoms with Gasteiger partial charge in [0.05, 0.1) is 0 Å². The maximum absolute atomic E-state index is 11.3. The van der Waals surface area contributed by atoms with Crippen LogP contribution in [0, 0.1) is 0 Å². The van der Waals surface area contributed by atoms with Gasteiger partial charge in [-0.3, -0.25) is 14.4 Å². The van der Waals surface area contributed by atoms with Gasteiger partial charge in [-0.05, 0) is 0 Å². The third-order valence-electron chi connectivity index (χ3n) is 2.92. The van der Waals surface area contributed by atoms with Crippen LogP contribution >= 0.6 is 0 Å². The Labute approximate surface area is 136 Å². The number of aliphatic hydroxyl groups is 1. The van der Waals surface area contributed by atoms with E-state index in [2.05, 4.69) is 0 Å². The molecule has 5 atom stereocenters. The molecule has 0 aromatic rings. The zero-order valence-electron chi connectivity index (χ0n) is 13.3. The van der Waals surface area contributed by atoms with Crippen LogP contribution in [-0.4, -0.2) is 66.4 Å². The third kappa shape index (κ3) is 5.66. The Balaban J connectivity index is 3.11. The monoisotopic (exact) mass is 349 g/mol. The molecule has 1 fully saturated rings. The van der Waals surface area contributed by atoms with Gasteiger partial charge >= 0.3 is 24.0 Å². The van der Waals surface area contributed by atoms with Crippen LogP contribution in [0.25, 0.3) is 0 Å². The zero-order chi connectivity index (χ0) is 18.4. The average molecular weight is 349 g/mol. The fraction of sp³-hybridized carbons (Fsp3) is 0.692. The van der Waals surface area contributed by atoms with Crippen LogP contribution in [0.5, 0.6) is 0 Å². The zero-order valence-corrected chi connectivity index (χ0v) is 13.3. The van der Waals surface area contributed by atoms with Gasteiger partial charge in [-0.25, -0.2) is 4.79 Å². The largest absolute Gasteiger partial charge is 0.463 e. The smallest absolute Gasteiger partial charge is 0.405 e. The van der Waals surface area contributed by atoms with Crippen LogP contribution in [0.1, 0.15) is 20.8 Å². The minimum absolute atomic E-state index is 0.407. The highest BCUT2D eigenvalue weighted by Gasteiger charge is 2.51. The number of hydrogen-bond donors (Lipinski definition) is 2. The molecule has 1 rings (SSSR count). The van der Waals surface area contributed by atoms with E-state index in [0.717, 1.165) is 20.8 Å². The summed E-state index contributed by atoms with van der Waals surface area (Å²) in [6, 6.07) is 0. The van der Waals surface area contributed by atoms with Gasteiger partial charge < -0.3 is 34.5 Å². The van der Waals surface area contributed by atoms with Crippen molar-refractivity contribution in [1.82, 2.24) is 0 Å². The van der Waals surface area contributed by atoms with Crippen LogP contribution in [0.2, 0.25) is 0 Å². The van der Waals surface area contributed by atoms with Gasteiger partial charge in [0.15, 0.2) is 24.6 Å². The number of rotatable bonds is 5. The summed E-state index contributed by atoms with van der Waals surface area (Å²) in [5.41, 5.74) is 4.97. The molecule has 1 amide bonds. The predicted molar refractivity (Wildman–Crippen MR) is 73.1 cm³/mol. The molecule has 0 aliphatic carbocycles. The standard InChI is InChI=1S/C13H19NO10/c1-5(15)20-4-8-9(21-6(2)16)10(24-13(14)19)11(12(18)23-8)22-7(3)17/h8-12,18H,4H2,1-3H3,(H2,14,19)/t8-,9-,10+,11+,12?/m1/s1. The summed E-state index contributed by atoms with van der Waals surface area (Å²) in [5, 5.41) is 9.98. The minimum atomic E-state index is -1.73. The molecule has 3 N–H and O–H groups in total. The van der Waals surface area contributed by atoms with Crippen LogP contribution in [0.3, 0.4) is 0 Å². The molecule has 1 aliphatic heterocycles. The molecule has 0 saturated carbocycles. The van der Waals surface area contributed by atoms with Crippen LogP contribution in [0.15, 0.2) is 0 Å². The summed E-state index contributed by atoms with van der Waals surface area (Å²) in [5.74, 6) is -2.22. The summed E-state index contributed by atoms with van der Waals surface area (Å²) in [7, 11) is 0. The molecule has 1 heterocycles. The molecular formula is C13H19NO10. The van der Waals surface area contributed by atoms with Gasteiger partial charge in [0.25, 0.3) is 0 Å². The number of amides is 1. The maximum Gasteiger partial charge on any atom is 0.405 e. The predicted octanol–water partition coefficient (Wildman–Crippen LogP) is -1.41. The van der Waals surface area contributed by atoms with Crippen molar-refractivity contribution in [2.45, 2.75) is 51.5 Å². The van der Waals surface area contributed by atoms with Gasteiger partial charge in [0.1, 0.15) is 12.7 Å². The number of aliphatic hydroxyl groups excluding tert-OH is 1. The van der Waals surface area contributed by atoms with Crippen molar-refractivity contribution in [3.63, 3.8) is 0 Å². The summed E-state index contributed by atoms with van der Waals surface area (Å²) in [6.07, 6.45) is -8.45. The number of carbonyl (C=O) groups excluding carboxylic acids is 4. The minimum Gasteiger partial charge on any atom is -0.463 e. The molecule has 136 valence electrons. The molecule has 11 heteroatoms. The number of ether oxygens (including phenoxy) is 5. The van der Waals surface area contributed by atoms with E-state index >= 15 is 0 Å². The van der Waals surface area contributed by atoms with E-state index in [-0.39, 0.29) is 0 Å². The fourth-order valence-corrected chi connectivity index (χ4v) is 2.15. The van der Waals surface area contributed by atoms with Crippen LogP contribution in [0.4, 0.5) is 4.79 Å². The van der Waals surface area contributed by atoms with Gasteiger partial charge in [-0.1, -0.05) is 0 Å². The quantitative estimate of drug-likeness (QED) is 0.446. The lowest BCUT2D eigenvalue weighted by Crippen LogP contribution is -2.62. The number of carbonyl (C=O) groups is 4. The molecule has 0 aromatic heterocycles. The summed E-state index contributed by atoms with van der Waals surface area (Å²) in [6.45, 7) is 2.87. The number of esters is 3. The first-order valence-corrected chi connectivity index (χ1v) is 6.89.